The lowest BCUT2D eigenvalue weighted by Crippen LogP contribution is -1.80. The predicted octanol–water partition coefficient (Wildman–Crippen LogP) is 7.62. The molecular formula is C28H16N2. The second-order valence-electron chi connectivity index (χ2n) is 8.31. The lowest BCUT2D eigenvalue weighted by molar-refractivity contribution is 1.38. The Labute approximate surface area is 171 Å². The minimum atomic E-state index is 1.20. The van der Waals surface area contributed by atoms with Crippen LogP contribution in [0.2, 0.25) is 0 Å². The Kier molecular flexibility index (Phi) is 2.44. The number of aromatic nitrogens is 2. The topological polar surface area (TPSA) is 20.2 Å². The maximum absolute atomic E-state index is 3.77. The van der Waals surface area contributed by atoms with E-state index in [1.54, 1.807) is 0 Å². The molecule has 0 amide bonds. The van der Waals surface area contributed by atoms with Crippen LogP contribution in [0.5, 0.6) is 0 Å². The number of para-hydroxylation sites is 1. The molecule has 1 N–H and O–H groups in total. The first-order valence-electron chi connectivity index (χ1n) is 10.4. The zero-order chi connectivity index (χ0) is 19.4. The number of nitrogens with zero attached hydrogens (tertiary/aromatic N) is 1. The van der Waals surface area contributed by atoms with Crippen molar-refractivity contribution in [2.45, 2.75) is 0 Å². The molecule has 30 heavy (non-hydrogen) atoms. The van der Waals surface area contributed by atoms with Crippen molar-refractivity contribution in [2.24, 2.45) is 0 Å². The number of hydrogen-bond acceptors (Lipinski definition) is 0. The SMILES string of the molecule is c1ccc2cc3c(cc2c1)[nH]c1c2cc4ccccc4c4c5ccccc5n(c31)c24. The third kappa shape index (κ3) is 1.60. The summed E-state index contributed by atoms with van der Waals surface area (Å²) in [6.45, 7) is 0. The Morgan fingerprint density at radius 1 is 0.533 bits per heavy atom. The third-order valence-corrected chi connectivity index (χ3v) is 6.79. The fourth-order valence-electron chi connectivity index (χ4n) is 5.56. The molecule has 0 aliphatic rings. The van der Waals surface area contributed by atoms with Gasteiger partial charge >= 0.3 is 0 Å². The molecule has 138 valence electrons. The van der Waals surface area contributed by atoms with E-state index >= 15 is 0 Å². The largest absolute Gasteiger partial charge is 0.353 e. The first-order valence-corrected chi connectivity index (χ1v) is 10.4. The summed E-state index contributed by atoms with van der Waals surface area (Å²) in [4.78, 5) is 3.77. The van der Waals surface area contributed by atoms with Crippen LogP contribution < -0.4 is 0 Å². The van der Waals surface area contributed by atoms with Crippen LogP contribution in [0.25, 0.3) is 70.7 Å². The number of H-pyrrole nitrogens is 1. The Bertz CT molecular complexity index is 1950. The smallest absolute Gasteiger partial charge is 0.0798 e. The molecule has 0 saturated heterocycles. The van der Waals surface area contributed by atoms with Crippen LogP contribution in [0.1, 0.15) is 0 Å². The second kappa shape index (κ2) is 4.92. The van der Waals surface area contributed by atoms with E-state index in [2.05, 4.69) is 100 Å². The Morgan fingerprint density at radius 2 is 1.20 bits per heavy atom. The normalized spacial score (nSPS) is 12.7. The lowest BCUT2D eigenvalue weighted by atomic mass is 10.0. The number of aromatic amines is 1. The molecule has 0 aliphatic heterocycles. The Hall–Kier alpha value is -4.04. The molecule has 0 radical (unpaired) electrons. The molecule has 0 saturated carbocycles. The standard InChI is InChI=1S/C28H16N2/c1-2-8-17-15-23-21(13-16(17)7-1)28-26(29-23)22-14-18-9-3-4-10-19(18)25-20-11-5-6-12-24(20)30(28)27(22)25/h1-15,29H. The van der Waals surface area contributed by atoms with Crippen LogP contribution in [0.15, 0.2) is 91.0 Å². The Morgan fingerprint density at radius 3 is 2.07 bits per heavy atom. The molecule has 0 unspecified atom stereocenters. The molecule has 5 aromatic carbocycles. The molecule has 2 heteroatoms. The van der Waals surface area contributed by atoms with E-state index in [-0.39, 0.29) is 0 Å². The summed E-state index contributed by atoms with van der Waals surface area (Å²) in [5.41, 5.74) is 6.32. The van der Waals surface area contributed by atoms with Gasteiger partial charge in [-0.2, -0.15) is 0 Å². The van der Waals surface area contributed by atoms with E-state index in [0.29, 0.717) is 0 Å². The van der Waals surface area contributed by atoms with Gasteiger partial charge < -0.3 is 9.38 Å². The molecule has 8 aromatic rings. The fraction of sp³-hybridized carbons (Fsp3) is 0. The van der Waals surface area contributed by atoms with Gasteiger partial charge in [0.1, 0.15) is 0 Å². The number of rotatable bonds is 0. The van der Waals surface area contributed by atoms with Crippen molar-refractivity contribution in [2.75, 3.05) is 0 Å². The zero-order valence-electron chi connectivity index (χ0n) is 16.1. The molecule has 0 fully saturated rings. The van der Waals surface area contributed by atoms with Gasteiger partial charge in [-0.1, -0.05) is 66.7 Å². The van der Waals surface area contributed by atoms with E-state index in [1.165, 1.54) is 70.7 Å². The molecule has 2 nitrogen and oxygen atoms in total. The summed E-state index contributed by atoms with van der Waals surface area (Å²) in [5, 5.41) is 10.4. The highest BCUT2D eigenvalue weighted by Gasteiger charge is 2.22. The third-order valence-electron chi connectivity index (χ3n) is 6.79. The molecule has 0 bridgehead atoms. The van der Waals surface area contributed by atoms with Gasteiger partial charge in [0.2, 0.25) is 0 Å². The summed E-state index contributed by atoms with van der Waals surface area (Å²) in [6.07, 6.45) is 0. The quantitative estimate of drug-likeness (QED) is 0.279. The maximum atomic E-state index is 3.77. The zero-order valence-corrected chi connectivity index (χ0v) is 16.1. The van der Waals surface area contributed by atoms with Gasteiger partial charge in [0.05, 0.1) is 22.1 Å². The average molecular weight is 380 g/mol. The van der Waals surface area contributed by atoms with Crippen molar-refractivity contribution in [3.8, 4) is 0 Å². The lowest BCUT2D eigenvalue weighted by Gasteiger charge is -2.02. The molecule has 0 spiro atoms. The van der Waals surface area contributed by atoms with Crippen molar-refractivity contribution >= 4 is 70.7 Å². The maximum Gasteiger partial charge on any atom is 0.0798 e. The van der Waals surface area contributed by atoms with Crippen molar-refractivity contribution in [1.82, 2.24) is 9.38 Å². The molecule has 8 rings (SSSR count). The summed E-state index contributed by atoms with van der Waals surface area (Å²) in [5.74, 6) is 0. The van der Waals surface area contributed by atoms with Gasteiger partial charge in [-0.05, 0) is 45.8 Å². The van der Waals surface area contributed by atoms with Crippen molar-refractivity contribution in [1.29, 1.82) is 0 Å². The highest BCUT2D eigenvalue weighted by atomic mass is 14.9. The number of hydrogen-bond donors (Lipinski definition) is 1. The van der Waals surface area contributed by atoms with Gasteiger partial charge in [0.25, 0.3) is 0 Å². The van der Waals surface area contributed by atoms with E-state index in [0.717, 1.165) is 0 Å². The molecule has 0 atom stereocenters. The van der Waals surface area contributed by atoms with Crippen LogP contribution in [-0.2, 0) is 0 Å². The van der Waals surface area contributed by atoms with Gasteiger partial charge in [0.15, 0.2) is 0 Å². The van der Waals surface area contributed by atoms with Gasteiger partial charge in [-0.25, -0.2) is 0 Å². The van der Waals surface area contributed by atoms with E-state index < -0.39 is 0 Å². The Balaban J connectivity index is 1.76. The van der Waals surface area contributed by atoms with E-state index in [9.17, 15) is 0 Å². The summed E-state index contributed by atoms with van der Waals surface area (Å²) >= 11 is 0. The summed E-state index contributed by atoms with van der Waals surface area (Å²) in [7, 11) is 0. The minimum absolute atomic E-state index is 1.20. The van der Waals surface area contributed by atoms with Gasteiger partial charge in [-0.15, -0.1) is 0 Å². The van der Waals surface area contributed by atoms with Crippen molar-refractivity contribution in [3.05, 3.63) is 91.0 Å². The van der Waals surface area contributed by atoms with Crippen molar-refractivity contribution in [3.63, 3.8) is 0 Å². The highest BCUT2D eigenvalue weighted by molar-refractivity contribution is 6.33. The van der Waals surface area contributed by atoms with E-state index in [4.69, 9.17) is 0 Å². The minimum Gasteiger partial charge on any atom is -0.353 e. The number of nitrogens with one attached hydrogen (secondary N) is 1. The first kappa shape index (κ1) is 14.9. The second-order valence-corrected chi connectivity index (χ2v) is 8.31. The summed E-state index contributed by atoms with van der Waals surface area (Å²) in [6, 6.07) is 33.2. The van der Waals surface area contributed by atoms with Crippen LogP contribution in [0.4, 0.5) is 0 Å². The molecule has 0 aliphatic carbocycles. The predicted molar refractivity (Wildman–Crippen MR) is 128 cm³/mol. The van der Waals surface area contributed by atoms with Crippen LogP contribution in [0, 0.1) is 0 Å². The van der Waals surface area contributed by atoms with Crippen LogP contribution in [0.3, 0.4) is 0 Å². The number of benzene rings is 5. The fourth-order valence-corrected chi connectivity index (χ4v) is 5.56. The van der Waals surface area contributed by atoms with Gasteiger partial charge in [-0.3, -0.25) is 0 Å². The van der Waals surface area contributed by atoms with E-state index in [1.807, 2.05) is 0 Å². The first-order chi connectivity index (χ1) is 14.9. The monoisotopic (exact) mass is 380 g/mol. The van der Waals surface area contributed by atoms with Crippen LogP contribution in [-0.4, -0.2) is 9.38 Å². The molecule has 3 aromatic heterocycles. The molecular weight excluding hydrogens is 364 g/mol. The number of fused-ring (bicyclic) bond motifs is 11. The van der Waals surface area contributed by atoms with Gasteiger partial charge in [0, 0.05) is 27.1 Å². The average Bonchev–Trinajstić information content (AvgIpc) is 3.42. The van der Waals surface area contributed by atoms with Crippen molar-refractivity contribution < 1.29 is 0 Å². The summed E-state index contributed by atoms with van der Waals surface area (Å²) < 4.78 is 2.48. The van der Waals surface area contributed by atoms with Crippen LogP contribution >= 0.6 is 0 Å². The highest BCUT2D eigenvalue weighted by Crippen LogP contribution is 2.44. The molecule has 3 heterocycles.